The molecule has 0 aliphatic heterocycles. The van der Waals surface area contributed by atoms with Crippen molar-refractivity contribution in [3.8, 4) is 0 Å². The molecule has 7 heteroatoms. The summed E-state index contributed by atoms with van der Waals surface area (Å²) in [6.07, 6.45) is 3.07. The lowest BCUT2D eigenvalue weighted by molar-refractivity contribution is 0.318. The van der Waals surface area contributed by atoms with Gasteiger partial charge in [0.2, 0.25) is 0 Å². The zero-order valence-corrected chi connectivity index (χ0v) is 9.70. The summed E-state index contributed by atoms with van der Waals surface area (Å²) in [7, 11) is 0. The molecule has 0 saturated carbocycles. The second kappa shape index (κ2) is 4.95. The molecule has 2 aromatic rings. The predicted octanol–water partition coefficient (Wildman–Crippen LogP) is 1.78. The van der Waals surface area contributed by atoms with Crippen LogP contribution in [0.4, 0.5) is 0 Å². The minimum atomic E-state index is -0.0415. The van der Waals surface area contributed by atoms with Crippen LogP contribution in [0.15, 0.2) is 44.3 Å². The molecule has 0 fully saturated rings. The molecule has 0 spiro atoms. The maximum Gasteiger partial charge on any atom is 0.190 e. The Morgan fingerprint density at radius 2 is 2.31 bits per heavy atom. The summed E-state index contributed by atoms with van der Waals surface area (Å²) in [4.78, 5) is 8.19. The Kier molecular flexibility index (Phi) is 3.37. The highest BCUT2D eigenvalue weighted by molar-refractivity contribution is 8.01. The first kappa shape index (κ1) is 10.9. The van der Waals surface area contributed by atoms with Gasteiger partial charge in [-0.15, -0.1) is 11.3 Å². The summed E-state index contributed by atoms with van der Waals surface area (Å²) in [5, 5.41) is 14.1. The minimum Gasteiger partial charge on any atom is -0.409 e. The van der Waals surface area contributed by atoms with Gasteiger partial charge in [-0.05, 0) is 11.4 Å². The van der Waals surface area contributed by atoms with Crippen LogP contribution in [-0.4, -0.2) is 21.0 Å². The molecular weight excluding hydrogens is 244 g/mol. The van der Waals surface area contributed by atoms with Crippen molar-refractivity contribution >= 4 is 28.9 Å². The lowest BCUT2D eigenvalue weighted by Gasteiger charge is -1.99. The van der Waals surface area contributed by atoms with Crippen molar-refractivity contribution in [1.82, 2.24) is 9.97 Å². The van der Waals surface area contributed by atoms with Crippen molar-refractivity contribution < 1.29 is 5.21 Å². The van der Waals surface area contributed by atoms with E-state index in [1.165, 1.54) is 18.0 Å². The summed E-state index contributed by atoms with van der Waals surface area (Å²) >= 11 is 3.16. The SMILES string of the molecule is NC(=NO)c1cnc(Sc2cccs2)cn1. The lowest BCUT2D eigenvalue weighted by Crippen LogP contribution is -2.15. The van der Waals surface area contributed by atoms with Gasteiger partial charge in [0, 0.05) is 0 Å². The van der Waals surface area contributed by atoms with E-state index in [1.807, 2.05) is 17.5 Å². The first-order valence-corrected chi connectivity index (χ1v) is 6.00. The predicted molar refractivity (Wildman–Crippen MR) is 63.0 cm³/mol. The van der Waals surface area contributed by atoms with Crippen molar-refractivity contribution in [2.45, 2.75) is 9.24 Å². The Morgan fingerprint density at radius 3 is 2.88 bits per heavy atom. The number of thiophene rings is 1. The van der Waals surface area contributed by atoms with Crippen molar-refractivity contribution in [1.29, 1.82) is 0 Å². The number of nitrogens with two attached hydrogens (primary N) is 1. The zero-order valence-electron chi connectivity index (χ0n) is 8.07. The van der Waals surface area contributed by atoms with Crippen LogP contribution >= 0.6 is 23.1 Å². The molecule has 0 aliphatic rings. The quantitative estimate of drug-likeness (QED) is 0.376. The number of aromatic nitrogens is 2. The fraction of sp³-hybridized carbons (Fsp3) is 0. The van der Waals surface area contributed by atoms with Gasteiger partial charge >= 0.3 is 0 Å². The number of nitrogens with zero attached hydrogens (tertiary/aromatic N) is 3. The maximum atomic E-state index is 8.46. The molecule has 0 aromatic carbocycles. The Balaban J connectivity index is 2.14. The molecule has 82 valence electrons. The van der Waals surface area contributed by atoms with Crippen molar-refractivity contribution in [2.75, 3.05) is 0 Å². The highest BCUT2D eigenvalue weighted by Crippen LogP contribution is 2.29. The average molecular weight is 252 g/mol. The molecule has 2 rings (SSSR count). The van der Waals surface area contributed by atoms with E-state index in [0.29, 0.717) is 5.69 Å². The van der Waals surface area contributed by atoms with Gasteiger partial charge < -0.3 is 10.9 Å². The van der Waals surface area contributed by atoms with E-state index in [4.69, 9.17) is 10.9 Å². The van der Waals surface area contributed by atoms with Crippen LogP contribution < -0.4 is 5.73 Å². The summed E-state index contributed by atoms with van der Waals surface area (Å²) in [6.45, 7) is 0. The number of amidine groups is 1. The number of oxime groups is 1. The third kappa shape index (κ3) is 2.50. The number of hydrogen-bond acceptors (Lipinski definition) is 6. The molecule has 2 heterocycles. The van der Waals surface area contributed by atoms with Crippen molar-refractivity contribution in [3.05, 3.63) is 35.6 Å². The van der Waals surface area contributed by atoms with Gasteiger partial charge in [-0.2, -0.15) is 0 Å². The van der Waals surface area contributed by atoms with Crippen LogP contribution in [-0.2, 0) is 0 Å². The topological polar surface area (TPSA) is 84.4 Å². The monoisotopic (exact) mass is 252 g/mol. The van der Waals surface area contributed by atoms with Gasteiger partial charge in [0.15, 0.2) is 5.84 Å². The van der Waals surface area contributed by atoms with E-state index in [-0.39, 0.29) is 5.84 Å². The van der Waals surface area contributed by atoms with E-state index in [0.717, 1.165) is 9.24 Å². The van der Waals surface area contributed by atoms with Crippen molar-refractivity contribution in [2.24, 2.45) is 10.9 Å². The molecule has 3 N–H and O–H groups in total. The van der Waals surface area contributed by atoms with Crippen LogP contribution in [0.5, 0.6) is 0 Å². The fourth-order valence-corrected chi connectivity index (χ4v) is 2.60. The second-order valence-corrected chi connectivity index (χ2v) is 5.03. The Bertz CT molecular complexity index is 481. The minimum absolute atomic E-state index is 0.0415. The number of rotatable bonds is 3. The molecule has 5 nitrogen and oxygen atoms in total. The van der Waals surface area contributed by atoms with Crippen LogP contribution in [0, 0.1) is 0 Å². The Morgan fingerprint density at radius 1 is 1.44 bits per heavy atom. The smallest absolute Gasteiger partial charge is 0.190 e. The van der Waals surface area contributed by atoms with E-state index in [9.17, 15) is 0 Å². The standard InChI is InChI=1S/C9H8N4OS2/c10-9(13-14)6-4-12-7(5-11-6)16-8-2-1-3-15-8/h1-5,14H,(H2,10,13). The van der Waals surface area contributed by atoms with E-state index < -0.39 is 0 Å². The summed E-state index contributed by atoms with van der Waals surface area (Å²) < 4.78 is 1.14. The van der Waals surface area contributed by atoms with E-state index >= 15 is 0 Å². The molecular formula is C9H8N4OS2. The fourth-order valence-electron chi connectivity index (χ4n) is 0.977. The molecule has 0 amide bonds. The van der Waals surface area contributed by atoms with Gasteiger partial charge in [0.25, 0.3) is 0 Å². The highest BCUT2D eigenvalue weighted by atomic mass is 32.2. The van der Waals surface area contributed by atoms with Gasteiger partial charge in [0.1, 0.15) is 10.7 Å². The molecule has 0 aliphatic carbocycles. The normalized spacial score (nSPS) is 11.6. The molecule has 0 saturated heterocycles. The molecule has 16 heavy (non-hydrogen) atoms. The molecule has 2 aromatic heterocycles. The molecule has 0 unspecified atom stereocenters. The summed E-state index contributed by atoms with van der Waals surface area (Å²) in [5.41, 5.74) is 5.73. The Labute approximate surface area is 100 Å². The van der Waals surface area contributed by atoms with Gasteiger partial charge in [-0.25, -0.2) is 9.97 Å². The zero-order chi connectivity index (χ0) is 11.4. The van der Waals surface area contributed by atoms with E-state index in [2.05, 4.69) is 15.1 Å². The van der Waals surface area contributed by atoms with Crippen LogP contribution in [0.1, 0.15) is 5.69 Å². The maximum absolute atomic E-state index is 8.46. The second-order valence-electron chi connectivity index (χ2n) is 2.76. The van der Waals surface area contributed by atoms with Crippen LogP contribution in [0.2, 0.25) is 0 Å². The van der Waals surface area contributed by atoms with Crippen LogP contribution in [0.25, 0.3) is 0 Å². The van der Waals surface area contributed by atoms with E-state index in [1.54, 1.807) is 17.5 Å². The number of hydrogen-bond donors (Lipinski definition) is 2. The van der Waals surface area contributed by atoms with Crippen LogP contribution in [0.3, 0.4) is 0 Å². The molecule has 0 atom stereocenters. The Hall–Kier alpha value is -1.60. The van der Waals surface area contributed by atoms with Gasteiger partial charge in [-0.1, -0.05) is 23.0 Å². The average Bonchev–Trinajstić information content (AvgIpc) is 2.82. The lowest BCUT2D eigenvalue weighted by atomic mass is 10.4. The molecule has 0 radical (unpaired) electrons. The first-order valence-electron chi connectivity index (χ1n) is 4.31. The summed E-state index contributed by atoms with van der Waals surface area (Å²) in [6, 6.07) is 3.99. The summed E-state index contributed by atoms with van der Waals surface area (Å²) in [5.74, 6) is -0.0415. The molecule has 0 bridgehead atoms. The largest absolute Gasteiger partial charge is 0.409 e. The van der Waals surface area contributed by atoms with Gasteiger partial charge in [0.05, 0.1) is 16.6 Å². The third-order valence-corrected chi connectivity index (χ3v) is 3.66. The van der Waals surface area contributed by atoms with Crippen molar-refractivity contribution in [3.63, 3.8) is 0 Å². The van der Waals surface area contributed by atoms with Gasteiger partial charge in [-0.3, -0.25) is 0 Å². The highest BCUT2D eigenvalue weighted by Gasteiger charge is 2.03. The first-order chi connectivity index (χ1) is 7.79. The third-order valence-electron chi connectivity index (χ3n) is 1.70.